The van der Waals surface area contributed by atoms with Crippen molar-refractivity contribution in [1.29, 1.82) is 5.26 Å². The molecule has 0 unspecified atom stereocenters. The summed E-state index contributed by atoms with van der Waals surface area (Å²) in [6.45, 7) is 1.36. The second-order valence-electron chi connectivity index (χ2n) is 5.25. The van der Waals surface area contributed by atoms with Gasteiger partial charge in [0.05, 0.1) is 22.0 Å². The first-order valence-corrected chi connectivity index (χ1v) is 10.2. The summed E-state index contributed by atoms with van der Waals surface area (Å²) in [5.41, 5.74) is 1.64. The van der Waals surface area contributed by atoms with Crippen LogP contribution in [0.1, 0.15) is 16.6 Å². The maximum Gasteiger partial charge on any atom is 0.316 e. The van der Waals surface area contributed by atoms with Crippen molar-refractivity contribution < 1.29 is 14.3 Å². The fraction of sp³-hybridized carbons (Fsp3) is 0.235. The molecule has 0 fully saturated rings. The Morgan fingerprint density at radius 3 is 2.85 bits per heavy atom. The normalized spacial score (nSPS) is 11.8. The maximum atomic E-state index is 12.1. The van der Waals surface area contributed by atoms with E-state index in [1.54, 1.807) is 12.3 Å². The Morgan fingerprint density at radius 2 is 2.15 bits per heavy atom. The Balaban J connectivity index is 1.50. The summed E-state index contributed by atoms with van der Waals surface area (Å²) in [7, 11) is 0. The molecule has 6 nitrogen and oxygen atoms in total. The molecule has 0 aliphatic heterocycles. The lowest BCUT2D eigenvalue weighted by atomic mass is 10.1. The molecule has 1 aromatic carbocycles. The highest BCUT2D eigenvalue weighted by Gasteiger charge is 2.24. The monoisotopic (exact) mass is 403 g/mol. The third-order valence-corrected chi connectivity index (χ3v) is 6.48. The van der Waals surface area contributed by atoms with Gasteiger partial charge in [0.25, 0.3) is 0 Å². The molecule has 0 saturated carbocycles. The number of Topliss-reactive ketones (excluding diaryl/α,β-unsaturated/α-hetero) is 1. The smallest absolute Gasteiger partial charge is 0.316 e. The summed E-state index contributed by atoms with van der Waals surface area (Å²) < 4.78 is 6.82. The zero-order chi connectivity index (χ0) is 18.5. The molecule has 26 heavy (non-hydrogen) atoms. The molecule has 3 aromatic rings. The molecule has 3 rings (SSSR count). The fourth-order valence-electron chi connectivity index (χ4n) is 2.08. The topological polar surface area (TPSA) is 92.9 Å². The van der Waals surface area contributed by atoms with Gasteiger partial charge in [-0.05, 0) is 19.1 Å². The molecule has 2 aromatic heterocycles. The zero-order valence-corrected chi connectivity index (χ0v) is 16.1. The summed E-state index contributed by atoms with van der Waals surface area (Å²) in [6.07, 6.45) is 0. The molecular weight excluding hydrogens is 390 g/mol. The first kappa shape index (κ1) is 18.5. The van der Waals surface area contributed by atoms with Crippen LogP contribution in [0, 0.1) is 18.3 Å². The highest BCUT2D eigenvalue weighted by atomic mass is 32.2. The van der Waals surface area contributed by atoms with Crippen molar-refractivity contribution in [2.24, 2.45) is 0 Å². The Kier molecular flexibility index (Phi) is 5.98. The number of carbonyl (C=O) groups is 2. The number of fused-ring (bicyclic) bond motifs is 1. The highest BCUT2D eigenvalue weighted by Crippen LogP contribution is 2.29. The van der Waals surface area contributed by atoms with E-state index in [4.69, 9.17) is 4.74 Å². The first-order valence-electron chi connectivity index (χ1n) is 7.55. The highest BCUT2D eigenvalue weighted by molar-refractivity contribution is 8.01. The van der Waals surface area contributed by atoms with E-state index < -0.39 is 24.3 Å². The van der Waals surface area contributed by atoms with Gasteiger partial charge >= 0.3 is 5.97 Å². The van der Waals surface area contributed by atoms with Gasteiger partial charge in [-0.2, -0.15) is 5.26 Å². The van der Waals surface area contributed by atoms with Crippen molar-refractivity contribution in [3.05, 3.63) is 40.3 Å². The minimum atomic E-state index is -1.00. The molecule has 0 aliphatic carbocycles. The van der Waals surface area contributed by atoms with Crippen molar-refractivity contribution in [2.75, 3.05) is 12.4 Å². The van der Waals surface area contributed by atoms with Crippen LogP contribution in [0.2, 0.25) is 0 Å². The van der Waals surface area contributed by atoms with Gasteiger partial charge in [0.1, 0.15) is 5.01 Å². The van der Waals surface area contributed by atoms with Crippen LogP contribution in [0.25, 0.3) is 10.2 Å². The standard InChI is InChI=1S/C17H13N3O3S3/c1-10-8-24-16(19-10)11(6-18)13(21)7-23-15(22)9-25-17-20-12-4-2-3-5-14(12)26-17/h2-5,8,11H,7,9H2,1H3/t11-/m1/s1. The number of hydrogen-bond donors (Lipinski definition) is 0. The van der Waals surface area contributed by atoms with Crippen molar-refractivity contribution in [3.8, 4) is 6.07 Å². The number of ketones is 1. The van der Waals surface area contributed by atoms with E-state index in [1.165, 1.54) is 34.4 Å². The lowest BCUT2D eigenvalue weighted by molar-refractivity contribution is -0.145. The number of carbonyl (C=O) groups excluding carboxylic acids is 2. The van der Waals surface area contributed by atoms with Crippen LogP contribution in [0.15, 0.2) is 34.0 Å². The predicted molar refractivity (Wildman–Crippen MR) is 102 cm³/mol. The van der Waals surface area contributed by atoms with E-state index in [2.05, 4.69) is 9.97 Å². The summed E-state index contributed by atoms with van der Waals surface area (Å²) in [4.78, 5) is 32.6. The van der Waals surface area contributed by atoms with Gasteiger partial charge in [-0.1, -0.05) is 23.9 Å². The molecule has 1 atom stereocenters. The quantitative estimate of drug-likeness (QED) is 0.440. The third-order valence-electron chi connectivity index (χ3n) is 3.30. The summed E-state index contributed by atoms with van der Waals surface area (Å²) >= 11 is 4.01. The number of rotatable bonds is 7. The second kappa shape index (κ2) is 8.40. The van der Waals surface area contributed by atoms with Crippen LogP contribution >= 0.6 is 34.4 Å². The molecule has 132 valence electrons. The minimum absolute atomic E-state index is 0.0562. The lowest BCUT2D eigenvalue weighted by Crippen LogP contribution is -2.20. The van der Waals surface area contributed by atoms with Crippen molar-refractivity contribution >= 4 is 56.4 Å². The van der Waals surface area contributed by atoms with Crippen molar-refractivity contribution in [3.63, 3.8) is 0 Å². The van der Waals surface area contributed by atoms with Crippen LogP contribution in [0.5, 0.6) is 0 Å². The van der Waals surface area contributed by atoms with Gasteiger partial charge in [-0.15, -0.1) is 22.7 Å². The van der Waals surface area contributed by atoms with Crippen LogP contribution in [0.4, 0.5) is 0 Å². The van der Waals surface area contributed by atoms with Gasteiger partial charge < -0.3 is 4.74 Å². The number of benzene rings is 1. The number of nitriles is 1. The molecule has 0 aliphatic rings. The molecular formula is C17H13N3O3S3. The largest absolute Gasteiger partial charge is 0.457 e. The SMILES string of the molecule is Cc1csc([C@H](C#N)C(=O)COC(=O)CSc2nc3ccccc3s2)n1. The van der Waals surface area contributed by atoms with Gasteiger partial charge in [0.15, 0.2) is 22.6 Å². The molecule has 0 amide bonds. The second-order valence-corrected chi connectivity index (χ2v) is 8.40. The molecule has 0 spiro atoms. The van der Waals surface area contributed by atoms with E-state index in [0.29, 0.717) is 5.01 Å². The van der Waals surface area contributed by atoms with Crippen LogP contribution in [-0.4, -0.2) is 34.1 Å². The minimum Gasteiger partial charge on any atom is -0.457 e. The maximum absolute atomic E-state index is 12.1. The van der Waals surface area contributed by atoms with Crippen LogP contribution in [-0.2, 0) is 14.3 Å². The molecule has 2 heterocycles. The third kappa shape index (κ3) is 4.46. The average Bonchev–Trinajstić information content (AvgIpc) is 3.24. The van der Waals surface area contributed by atoms with E-state index in [9.17, 15) is 14.9 Å². The Hall–Kier alpha value is -2.28. The average molecular weight is 404 g/mol. The first-order chi connectivity index (χ1) is 12.6. The number of para-hydroxylation sites is 1. The van der Waals surface area contributed by atoms with Gasteiger partial charge in [-0.3, -0.25) is 9.59 Å². The Labute approximate surface area is 161 Å². The molecule has 0 N–H and O–H groups in total. The fourth-order valence-corrected chi connectivity index (χ4v) is 4.81. The number of hydrogen-bond acceptors (Lipinski definition) is 9. The van der Waals surface area contributed by atoms with Gasteiger partial charge in [0.2, 0.25) is 0 Å². The van der Waals surface area contributed by atoms with Crippen LogP contribution in [0.3, 0.4) is 0 Å². The lowest BCUT2D eigenvalue weighted by Gasteiger charge is -2.06. The van der Waals surface area contributed by atoms with Gasteiger partial charge in [0, 0.05) is 11.1 Å². The molecule has 0 saturated heterocycles. The molecule has 9 heteroatoms. The van der Waals surface area contributed by atoms with E-state index in [1.807, 2.05) is 30.3 Å². The summed E-state index contributed by atoms with van der Waals surface area (Å²) in [5.74, 6) is -1.94. The van der Waals surface area contributed by atoms with E-state index in [0.717, 1.165) is 20.3 Å². The number of thiazole rings is 2. The number of esters is 1. The Bertz CT molecular complexity index is 957. The summed E-state index contributed by atoms with van der Waals surface area (Å²) in [6, 6.07) is 9.65. The summed E-state index contributed by atoms with van der Waals surface area (Å²) in [5, 5.41) is 11.4. The number of ether oxygens (including phenoxy) is 1. The number of aryl methyl sites for hydroxylation is 1. The Morgan fingerprint density at radius 1 is 1.35 bits per heavy atom. The number of nitrogens with zero attached hydrogens (tertiary/aromatic N) is 3. The molecule has 0 bridgehead atoms. The van der Waals surface area contributed by atoms with E-state index >= 15 is 0 Å². The predicted octanol–water partition coefficient (Wildman–Crippen LogP) is 3.57. The number of thioether (sulfide) groups is 1. The molecule has 0 radical (unpaired) electrons. The number of aromatic nitrogens is 2. The van der Waals surface area contributed by atoms with Crippen molar-refractivity contribution in [1.82, 2.24) is 9.97 Å². The van der Waals surface area contributed by atoms with E-state index in [-0.39, 0.29) is 5.75 Å². The van der Waals surface area contributed by atoms with Crippen molar-refractivity contribution in [2.45, 2.75) is 17.2 Å². The van der Waals surface area contributed by atoms with Gasteiger partial charge in [-0.25, -0.2) is 9.97 Å². The van der Waals surface area contributed by atoms with Crippen LogP contribution < -0.4 is 0 Å². The zero-order valence-electron chi connectivity index (χ0n) is 13.7.